The van der Waals surface area contributed by atoms with E-state index in [1.54, 1.807) is 0 Å². The molecule has 7 aromatic carbocycles. The Morgan fingerprint density at radius 3 is 1.24 bits per heavy atom. The second-order valence-corrected chi connectivity index (χ2v) is 15.4. The molecule has 0 aliphatic rings. The van der Waals surface area contributed by atoms with Gasteiger partial charge in [-0.15, -0.1) is 0 Å². The Labute approximate surface area is 364 Å². The summed E-state index contributed by atoms with van der Waals surface area (Å²) in [5.41, 5.74) is 15.9. The van der Waals surface area contributed by atoms with Crippen LogP contribution in [0, 0.1) is 11.3 Å². The Hall–Kier alpha value is -8.79. The van der Waals surface area contributed by atoms with Crippen molar-refractivity contribution in [3.63, 3.8) is 0 Å². The Balaban J connectivity index is 1.15. The zero-order chi connectivity index (χ0) is 42.1. The largest absolute Gasteiger partial charge is 0.308 e. The van der Waals surface area contributed by atoms with Crippen molar-refractivity contribution >= 4 is 21.8 Å². The number of hydrogen-bond donors (Lipinski definition) is 0. The second kappa shape index (κ2) is 16.0. The molecule has 0 spiro atoms. The lowest BCUT2D eigenvalue weighted by atomic mass is 9.99. The van der Waals surface area contributed by atoms with E-state index in [4.69, 9.17) is 19.9 Å². The van der Waals surface area contributed by atoms with Crippen LogP contribution in [0.25, 0.3) is 106 Å². The quantitative estimate of drug-likeness (QED) is 0.153. The van der Waals surface area contributed by atoms with E-state index in [9.17, 15) is 5.26 Å². The fourth-order valence-corrected chi connectivity index (χ4v) is 8.45. The van der Waals surface area contributed by atoms with Gasteiger partial charge in [0.05, 0.1) is 51.1 Å². The summed E-state index contributed by atoms with van der Waals surface area (Å²) in [5.74, 6) is 0.563. The van der Waals surface area contributed by atoms with Crippen LogP contribution < -0.4 is 0 Å². The average Bonchev–Trinajstić information content (AvgIpc) is 3.70. The highest BCUT2D eigenvalue weighted by molar-refractivity contribution is 6.12. The molecule has 11 aromatic rings. The molecule has 6 nitrogen and oxygen atoms in total. The first-order valence-electron chi connectivity index (χ1n) is 20.8. The van der Waals surface area contributed by atoms with Crippen molar-refractivity contribution < 1.29 is 0 Å². The normalized spacial score (nSPS) is 11.2. The number of aromatic nitrogens is 5. The lowest BCUT2D eigenvalue weighted by molar-refractivity contribution is 1.14. The summed E-state index contributed by atoms with van der Waals surface area (Å²) in [5, 5.41) is 12.5. The second-order valence-electron chi connectivity index (χ2n) is 15.4. The molecule has 4 aromatic heterocycles. The summed E-state index contributed by atoms with van der Waals surface area (Å²) in [6, 6.07) is 72.9. The Bertz CT molecular complexity index is 3300. The van der Waals surface area contributed by atoms with Gasteiger partial charge in [-0.05, 0) is 95.1 Å². The van der Waals surface area contributed by atoms with Crippen molar-refractivity contribution in [3.8, 4) is 90.4 Å². The van der Waals surface area contributed by atoms with Crippen LogP contribution in [0.4, 0.5) is 0 Å². The summed E-state index contributed by atoms with van der Waals surface area (Å²) in [6.45, 7) is 0. The molecule has 0 saturated heterocycles. The molecule has 294 valence electrons. The fourth-order valence-electron chi connectivity index (χ4n) is 8.45. The van der Waals surface area contributed by atoms with E-state index in [0.717, 1.165) is 100 Å². The number of fused-ring (bicyclic) bond motifs is 3. The van der Waals surface area contributed by atoms with Gasteiger partial charge in [-0.25, -0.2) is 9.97 Å². The highest BCUT2D eigenvalue weighted by Crippen LogP contribution is 2.41. The summed E-state index contributed by atoms with van der Waals surface area (Å²) in [6.07, 6.45) is 3.76. The average molecular weight is 805 g/mol. The molecule has 0 fully saturated rings. The van der Waals surface area contributed by atoms with E-state index in [0.29, 0.717) is 11.4 Å². The van der Waals surface area contributed by atoms with Crippen molar-refractivity contribution in [2.45, 2.75) is 0 Å². The van der Waals surface area contributed by atoms with Crippen molar-refractivity contribution in [1.29, 1.82) is 5.26 Å². The van der Waals surface area contributed by atoms with Gasteiger partial charge >= 0.3 is 0 Å². The van der Waals surface area contributed by atoms with Gasteiger partial charge in [0.2, 0.25) is 0 Å². The topological polar surface area (TPSA) is 80.3 Å². The highest BCUT2D eigenvalue weighted by atomic mass is 15.0. The lowest BCUT2D eigenvalue weighted by Gasteiger charge is -2.16. The third-order valence-corrected chi connectivity index (χ3v) is 11.6. The third kappa shape index (κ3) is 7.10. The molecule has 0 N–H and O–H groups in total. The molecule has 0 bridgehead atoms. The maximum absolute atomic E-state index is 10.4. The number of pyridine rings is 2. The van der Waals surface area contributed by atoms with Gasteiger partial charge < -0.3 is 4.57 Å². The van der Waals surface area contributed by atoms with Gasteiger partial charge in [0.15, 0.2) is 5.82 Å². The Morgan fingerprint density at radius 2 is 0.794 bits per heavy atom. The lowest BCUT2D eigenvalue weighted by Crippen LogP contribution is -2.02. The van der Waals surface area contributed by atoms with Gasteiger partial charge in [-0.1, -0.05) is 133 Å². The Kier molecular flexibility index (Phi) is 9.45. The smallest absolute Gasteiger partial charge is 0.162 e. The third-order valence-electron chi connectivity index (χ3n) is 11.6. The van der Waals surface area contributed by atoms with Crippen LogP contribution >= 0.6 is 0 Å². The molecule has 4 heterocycles. The van der Waals surface area contributed by atoms with Crippen LogP contribution in [-0.2, 0) is 0 Å². The van der Waals surface area contributed by atoms with E-state index in [2.05, 4.69) is 120 Å². The van der Waals surface area contributed by atoms with E-state index in [-0.39, 0.29) is 0 Å². The molecular weight excluding hydrogens is 769 g/mol. The van der Waals surface area contributed by atoms with Gasteiger partial charge in [-0.3, -0.25) is 9.97 Å². The molecule has 0 unspecified atom stereocenters. The molecule has 0 atom stereocenters. The van der Waals surface area contributed by atoms with Crippen molar-refractivity contribution in [2.24, 2.45) is 0 Å². The fraction of sp³-hybridized carbons (Fsp3) is 0. The minimum absolute atomic E-state index is 0.537. The summed E-state index contributed by atoms with van der Waals surface area (Å²) < 4.78 is 2.26. The van der Waals surface area contributed by atoms with Crippen molar-refractivity contribution in [1.82, 2.24) is 24.5 Å². The molecule has 0 saturated carbocycles. The predicted octanol–water partition coefficient (Wildman–Crippen LogP) is 13.9. The van der Waals surface area contributed by atoms with Crippen LogP contribution in [0.15, 0.2) is 219 Å². The van der Waals surface area contributed by atoms with Gasteiger partial charge in [0.1, 0.15) is 0 Å². The van der Waals surface area contributed by atoms with Gasteiger partial charge in [0.25, 0.3) is 0 Å². The summed E-state index contributed by atoms with van der Waals surface area (Å²) in [7, 11) is 0. The number of hydrogen-bond acceptors (Lipinski definition) is 5. The molecular formula is C57H36N6. The minimum Gasteiger partial charge on any atom is -0.308 e. The summed E-state index contributed by atoms with van der Waals surface area (Å²) in [4.78, 5) is 19.9. The number of rotatable bonds is 8. The summed E-state index contributed by atoms with van der Waals surface area (Å²) >= 11 is 0. The van der Waals surface area contributed by atoms with Crippen LogP contribution in [-0.4, -0.2) is 24.5 Å². The SMILES string of the molecule is N#Cc1ccc(-c2nc(-c3ccccc3)cc(-c3ccccc3)n2)c(-n2c3ccc(-c4ccnc(-c5ccccc5)c4)cc3c3cc(-c4ccnc(-c5ccccc5)c4)ccc32)c1. The molecule has 0 amide bonds. The number of nitriles is 1. The van der Waals surface area contributed by atoms with E-state index in [1.807, 2.05) is 109 Å². The van der Waals surface area contributed by atoms with Gasteiger partial charge in [-0.2, -0.15) is 5.26 Å². The maximum atomic E-state index is 10.4. The first-order valence-corrected chi connectivity index (χ1v) is 20.8. The highest BCUT2D eigenvalue weighted by Gasteiger charge is 2.21. The maximum Gasteiger partial charge on any atom is 0.162 e. The molecule has 0 radical (unpaired) electrons. The van der Waals surface area contributed by atoms with Crippen molar-refractivity contribution in [3.05, 3.63) is 224 Å². The van der Waals surface area contributed by atoms with E-state index in [1.165, 1.54) is 0 Å². The first-order chi connectivity index (χ1) is 31.2. The number of benzene rings is 7. The zero-order valence-electron chi connectivity index (χ0n) is 34.0. The standard InChI is InChI=1S/C57H36N6/c58-37-38-21-24-47(57-61-52(41-17-9-3-10-18-41)36-53(62-57)42-19-11-4-12-20-42)56(31-38)63-54-25-22-43(45-27-29-59-50(34-45)39-13-5-1-6-14-39)32-48(54)49-33-44(23-26-55(49)63)46-28-30-60-51(35-46)40-15-7-2-8-16-40/h1-36H. The Morgan fingerprint density at radius 1 is 0.365 bits per heavy atom. The van der Waals surface area contributed by atoms with Crippen molar-refractivity contribution in [2.75, 3.05) is 0 Å². The molecule has 6 heteroatoms. The molecule has 63 heavy (non-hydrogen) atoms. The first kappa shape index (κ1) is 37.2. The monoisotopic (exact) mass is 804 g/mol. The van der Waals surface area contributed by atoms with Crippen LogP contribution in [0.1, 0.15) is 5.56 Å². The molecule has 11 rings (SSSR count). The molecule has 0 aliphatic heterocycles. The van der Waals surface area contributed by atoms with Crippen LogP contribution in [0.5, 0.6) is 0 Å². The predicted molar refractivity (Wildman–Crippen MR) is 255 cm³/mol. The van der Waals surface area contributed by atoms with Crippen LogP contribution in [0.3, 0.4) is 0 Å². The number of nitrogens with zero attached hydrogens (tertiary/aromatic N) is 6. The zero-order valence-corrected chi connectivity index (χ0v) is 34.0. The molecule has 0 aliphatic carbocycles. The van der Waals surface area contributed by atoms with E-state index < -0.39 is 0 Å². The van der Waals surface area contributed by atoms with E-state index >= 15 is 0 Å². The van der Waals surface area contributed by atoms with Crippen LogP contribution in [0.2, 0.25) is 0 Å². The van der Waals surface area contributed by atoms with Gasteiger partial charge in [0, 0.05) is 51.0 Å². The minimum atomic E-state index is 0.537.